The molecule has 0 aliphatic carbocycles. The number of nitrogens with zero attached hydrogens (tertiary/aromatic N) is 1. The second kappa shape index (κ2) is 7.21. The Bertz CT molecular complexity index is 392. The summed E-state index contributed by atoms with van der Waals surface area (Å²) in [6.45, 7) is 5.40. The second-order valence-electron chi connectivity index (χ2n) is 4.57. The first-order valence-electron chi connectivity index (χ1n) is 6.66. The van der Waals surface area contributed by atoms with Crippen molar-refractivity contribution in [2.45, 2.75) is 6.42 Å². The Morgan fingerprint density at radius 2 is 2.05 bits per heavy atom. The fourth-order valence-corrected chi connectivity index (χ4v) is 2.10. The molecule has 2 N–H and O–H groups in total. The number of hydrogen-bond donors (Lipinski definition) is 1. The number of rotatable bonds is 6. The molecular formula is C14H22N2O3. The van der Waals surface area contributed by atoms with Gasteiger partial charge in [-0.05, 0) is 18.6 Å². The van der Waals surface area contributed by atoms with Gasteiger partial charge in [-0.2, -0.15) is 0 Å². The van der Waals surface area contributed by atoms with E-state index in [1.165, 1.54) is 0 Å². The van der Waals surface area contributed by atoms with E-state index < -0.39 is 0 Å². The fraction of sp³-hybridized carbons (Fsp3) is 0.571. The zero-order chi connectivity index (χ0) is 13.5. The van der Waals surface area contributed by atoms with E-state index in [0.717, 1.165) is 45.0 Å². The lowest BCUT2D eigenvalue weighted by Crippen LogP contribution is -2.37. The minimum Gasteiger partial charge on any atom is -0.493 e. The maximum Gasteiger partial charge on any atom is 0.163 e. The molecule has 1 aromatic carbocycles. The van der Waals surface area contributed by atoms with Crippen LogP contribution in [0.3, 0.4) is 0 Å². The molecule has 1 saturated heterocycles. The Labute approximate surface area is 114 Å². The van der Waals surface area contributed by atoms with Crippen molar-refractivity contribution >= 4 is 5.69 Å². The van der Waals surface area contributed by atoms with Gasteiger partial charge in [0.25, 0.3) is 0 Å². The summed E-state index contributed by atoms with van der Waals surface area (Å²) in [4.78, 5) is 2.39. The Morgan fingerprint density at radius 3 is 2.79 bits per heavy atom. The summed E-state index contributed by atoms with van der Waals surface area (Å²) in [7, 11) is 1.63. The lowest BCUT2D eigenvalue weighted by atomic mass is 10.3. The fourth-order valence-electron chi connectivity index (χ4n) is 2.10. The highest BCUT2D eigenvalue weighted by atomic mass is 16.5. The van der Waals surface area contributed by atoms with Crippen molar-refractivity contribution < 1.29 is 14.2 Å². The van der Waals surface area contributed by atoms with Gasteiger partial charge in [0.1, 0.15) is 0 Å². The summed E-state index contributed by atoms with van der Waals surface area (Å²) >= 11 is 0. The first-order chi connectivity index (χ1) is 9.29. The maximum absolute atomic E-state index is 5.75. The minimum atomic E-state index is 0.664. The van der Waals surface area contributed by atoms with E-state index in [9.17, 15) is 0 Å². The molecule has 1 aromatic rings. The molecule has 0 atom stereocenters. The van der Waals surface area contributed by atoms with Gasteiger partial charge in [0.05, 0.1) is 26.9 Å². The van der Waals surface area contributed by atoms with Gasteiger partial charge in [0, 0.05) is 31.4 Å². The van der Waals surface area contributed by atoms with Crippen LogP contribution in [0.4, 0.5) is 5.69 Å². The van der Waals surface area contributed by atoms with Gasteiger partial charge in [-0.1, -0.05) is 0 Å². The summed E-state index contributed by atoms with van der Waals surface area (Å²) in [5.41, 5.74) is 6.43. The number of benzene rings is 1. The molecule has 0 spiro atoms. The predicted molar refractivity (Wildman–Crippen MR) is 74.8 cm³/mol. The van der Waals surface area contributed by atoms with Crippen LogP contribution in [0.25, 0.3) is 0 Å². The summed E-state index contributed by atoms with van der Waals surface area (Å²) < 4.78 is 16.3. The number of hydrogen-bond acceptors (Lipinski definition) is 5. The van der Waals surface area contributed by atoms with Crippen molar-refractivity contribution in [2.24, 2.45) is 0 Å². The van der Waals surface area contributed by atoms with E-state index in [4.69, 9.17) is 19.9 Å². The third-order valence-corrected chi connectivity index (χ3v) is 3.17. The molecule has 19 heavy (non-hydrogen) atoms. The largest absolute Gasteiger partial charge is 0.493 e. The summed E-state index contributed by atoms with van der Waals surface area (Å²) in [6, 6.07) is 5.43. The van der Waals surface area contributed by atoms with Crippen LogP contribution in [0.2, 0.25) is 0 Å². The van der Waals surface area contributed by atoms with Gasteiger partial charge in [-0.25, -0.2) is 0 Å². The van der Waals surface area contributed by atoms with Gasteiger partial charge in [0.2, 0.25) is 0 Å². The van der Waals surface area contributed by atoms with Gasteiger partial charge in [-0.15, -0.1) is 0 Å². The third kappa shape index (κ3) is 4.29. The lowest BCUT2D eigenvalue weighted by Gasteiger charge is -2.26. The highest BCUT2D eigenvalue weighted by molar-refractivity contribution is 5.51. The Morgan fingerprint density at radius 1 is 1.26 bits per heavy atom. The Kier molecular flexibility index (Phi) is 5.30. The molecule has 0 aromatic heterocycles. The summed E-state index contributed by atoms with van der Waals surface area (Å²) in [6.07, 6.45) is 0.984. The van der Waals surface area contributed by atoms with Crippen LogP contribution in [0, 0.1) is 0 Å². The molecule has 0 bridgehead atoms. The minimum absolute atomic E-state index is 0.664. The van der Waals surface area contributed by atoms with Gasteiger partial charge < -0.3 is 19.9 Å². The van der Waals surface area contributed by atoms with Crippen molar-refractivity contribution in [1.82, 2.24) is 4.90 Å². The summed E-state index contributed by atoms with van der Waals surface area (Å²) in [5, 5.41) is 0. The normalized spacial score (nSPS) is 16.3. The monoisotopic (exact) mass is 266 g/mol. The molecule has 5 nitrogen and oxygen atoms in total. The standard InChI is InChI=1S/C14H22N2O3/c1-17-13-4-3-12(15)11-14(13)19-8-2-5-16-6-9-18-10-7-16/h3-4,11H,2,5-10,15H2,1H3. The first kappa shape index (κ1) is 14.0. The van der Waals surface area contributed by atoms with E-state index >= 15 is 0 Å². The number of anilines is 1. The molecule has 5 heteroatoms. The van der Waals surface area contributed by atoms with Crippen LogP contribution < -0.4 is 15.2 Å². The van der Waals surface area contributed by atoms with Crippen LogP contribution in [0.5, 0.6) is 11.5 Å². The molecule has 1 aliphatic rings. The van der Waals surface area contributed by atoms with E-state index in [0.29, 0.717) is 18.0 Å². The predicted octanol–water partition coefficient (Wildman–Crippen LogP) is 1.38. The van der Waals surface area contributed by atoms with Crippen LogP contribution in [0.15, 0.2) is 18.2 Å². The van der Waals surface area contributed by atoms with Crippen LogP contribution >= 0.6 is 0 Å². The van der Waals surface area contributed by atoms with Gasteiger partial charge in [0.15, 0.2) is 11.5 Å². The molecule has 1 heterocycles. The maximum atomic E-state index is 5.75. The zero-order valence-corrected chi connectivity index (χ0v) is 11.4. The lowest BCUT2D eigenvalue weighted by molar-refractivity contribution is 0.0357. The molecule has 0 saturated carbocycles. The Hall–Kier alpha value is -1.46. The summed E-state index contributed by atoms with van der Waals surface area (Å²) in [5.74, 6) is 1.44. The number of ether oxygens (including phenoxy) is 3. The zero-order valence-electron chi connectivity index (χ0n) is 11.4. The van der Waals surface area contributed by atoms with E-state index in [1.807, 2.05) is 6.07 Å². The molecule has 106 valence electrons. The van der Waals surface area contributed by atoms with Gasteiger partial charge in [-0.3, -0.25) is 4.90 Å². The molecule has 2 rings (SSSR count). The molecule has 0 radical (unpaired) electrons. The number of methoxy groups -OCH3 is 1. The number of morpholine rings is 1. The van der Waals surface area contributed by atoms with Crippen LogP contribution in [-0.2, 0) is 4.74 Å². The molecular weight excluding hydrogens is 244 g/mol. The van der Waals surface area contributed by atoms with Gasteiger partial charge >= 0.3 is 0 Å². The van der Waals surface area contributed by atoms with Crippen LogP contribution in [-0.4, -0.2) is 51.5 Å². The van der Waals surface area contributed by atoms with Crippen molar-refractivity contribution in [3.63, 3.8) is 0 Å². The molecule has 1 fully saturated rings. The van der Waals surface area contributed by atoms with E-state index in [2.05, 4.69) is 4.90 Å². The number of nitrogens with two attached hydrogens (primary N) is 1. The third-order valence-electron chi connectivity index (χ3n) is 3.17. The van der Waals surface area contributed by atoms with Crippen molar-refractivity contribution in [1.29, 1.82) is 0 Å². The van der Waals surface area contributed by atoms with E-state index in [-0.39, 0.29) is 0 Å². The molecule has 0 unspecified atom stereocenters. The quantitative estimate of drug-likeness (QED) is 0.622. The average molecular weight is 266 g/mol. The highest BCUT2D eigenvalue weighted by Gasteiger charge is 2.10. The first-order valence-corrected chi connectivity index (χ1v) is 6.66. The van der Waals surface area contributed by atoms with Crippen molar-refractivity contribution in [2.75, 3.05) is 52.3 Å². The van der Waals surface area contributed by atoms with E-state index in [1.54, 1.807) is 19.2 Å². The van der Waals surface area contributed by atoms with Crippen LogP contribution in [0.1, 0.15) is 6.42 Å². The SMILES string of the molecule is COc1ccc(N)cc1OCCCN1CCOCC1. The smallest absolute Gasteiger partial charge is 0.163 e. The molecule has 0 amide bonds. The number of nitrogen functional groups attached to an aromatic ring is 1. The average Bonchev–Trinajstić information content (AvgIpc) is 2.45. The topological polar surface area (TPSA) is 57.0 Å². The molecule has 1 aliphatic heterocycles. The van der Waals surface area contributed by atoms with Crippen molar-refractivity contribution in [3.05, 3.63) is 18.2 Å². The highest BCUT2D eigenvalue weighted by Crippen LogP contribution is 2.28. The Balaban J connectivity index is 1.74. The second-order valence-corrected chi connectivity index (χ2v) is 4.57. The van der Waals surface area contributed by atoms with Crippen molar-refractivity contribution in [3.8, 4) is 11.5 Å².